The van der Waals surface area contributed by atoms with Crippen molar-refractivity contribution >= 4 is 126 Å². The summed E-state index contributed by atoms with van der Waals surface area (Å²) < 4.78 is 66.6. The number of ether oxygens (including phenoxy) is 8. The normalized spacial score (nSPS) is 15.6. The van der Waals surface area contributed by atoms with Crippen molar-refractivity contribution in [1.82, 2.24) is 41.9 Å². The molecule has 0 aromatic heterocycles. The minimum Gasteiger partial charge on any atom is -0.480 e. The number of aliphatic carboxylic acids is 2. The summed E-state index contributed by atoms with van der Waals surface area (Å²) in [5, 5.41) is 57.0. The number of halogens is 3. The van der Waals surface area contributed by atoms with E-state index in [1.807, 2.05) is 93.1 Å². The summed E-state index contributed by atoms with van der Waals surface area (Å²) in [6, 6.07) is 19.6. The first-order valence-corrected chi connectivity index (χ1v) is 37.0. The summed E-state index contributed by atoms with van der Waals surface area (Å²) in [5.74, 6) is -6.14. The number of fused-ring (bicyclic) bond motifs is 1. The number of carbonyl (C=O) groups is 8. The molecule has 0 saturated carbocycles. The number of hydrogen-bond donors (Lipinski definition) is 13. The molecule has 3 aromatic carbocycles. The molecule has 604 valence electrons. The van der Waals surface area contributed by atoms with Gasteiger partial charge in [-0.2, -0.15) is 0 Å². The number of nitrogens with zero attached hydrogens (tertiary/aromatic N) is 2. The quantitative estimate of drug-likeness (QED) is 0.00697. The molecule has 14 N–H and O–H groups in total. The number of likely N-dealkylation sites (tertiary alicyclic amines) is 1. The number of guanidine groups is 1. The molecule has 7 unspecified atom stereocenters. The molecule has 7 atom stereocenters. The zero-order valence-electron chi connectivity index (χ0n) is 66.2. The Kier molecular flexibility index (Phi) is 48.3. The summed E-state index contributed by atoms with van der Waals surface area (Å²) in [6.45, 7) is 17.5. The van der Waals surface area contributed by atoms with E-state index in [-0.39, 0.29) is 51.2 Å². The van der Waals surface area contributed by atoms with Crippen molar-refractivity contribution in [2.75, 3.05) is 126 Å². The predicted octanol–water partition coefficient (Wildman–Crippen LogP) is 4.65. The number of nitrogens with two attached hydrogens (primary N) is 1. The minimum atomic E-state index is -1.64. The van der Waals surface area contributed by atoms with Crippen molar-refractivity contribution < 1.29 is 103 Å². The third kappa shape index (κ3) is 42.1. The molecule has 1 aliphatic heterocycles. The number of benzene rings is 3. The molecule has 108 heavy (non-hydrogen) atoms. The van der Waals surface area contributed by atoms with Gasteiger partial charge in [-0.25, -0.2) is 24.7 Å². The van der Waals surface area contributed by atoms with Gasteiger partial charge in [0.2, 0.25) is 36.2 Å². The molecular formula is C70H109B2Cl3N10O21S2. The van der Waals surface area contributed by atoms with Crippen molar-refractivity contribution in [3.05, 3.63) is 95.1 Å². The van der Waals surface area contributed by atoms with Crippen LogP contribution < -0.4 is 37.8 Å². The van der Waals surface area contributed by atoms with Gasteiger partial charge < -0.3 is 95.1 Å². The third-order valence-corrected chi connectivity index (χ3v) is 16.6. The molecule has 1 aliphatic carbocycles. The van der Waals surface area contributed by atoms with E-state index in [2.05, 4.69) is 66.9 Å². The number of nitrogens with one attached hydrogen (secondary N) is 7. The molecule has 0 spiro atoms. The number of rotatable bonds is 43. The monoisotopic (exact) mass is 1620 g/mol. The molecule has 0 radical (unpaired) electrons. The van der Waals surface area contributed by atoms with E-state index in [0.29, 0.717) is 85.3 Å². The number of aliphatic hydroxyl groups excluding tert-OH is 2. The number of aliphatic hydroxyl groups is 2. The second kappa shape index (κ2) is 56.7. The standard InChI is InChI=1S/C28H38N6O6.C22H32N2O5.C20H37Cl3N2O10.2BHS/c1-17(31-24(37)21(29)16-35)23(36)32-22-10-7-15-34(25(22)38)26(30)33-27(39)40-28(2,3)20-13-11-19(12-14-20)18-8-5-4-6-9-18;1-13(2)11-18(14(3)20(25)24-29)21(26)23-19(22(27)28)12-16-9-6-8-15-7-4-5-10-17(15)16;1-25(4-7-31-10-13-33-14-15-34-16-18(26)27)3-6-30-9-12-32-11-8-29-5-2-24-19(28)35-17-20(21,22)23;2*1-2/h4-6,8-9,11-14,17,21-22,25,35,38H,7,10,15-16,29H2,1-3H3,(H,31,37)(H,32,36)(H2,30,33,39);6,8-9,13-14,18-19,29H,4-5,7,10-12H2,1-3H3,(H,23,26)(H,24,25)(H,27,28);2-17H2,1H3,(H,24,28)(H,26,27);2*1H/i38T;;;2*1D/hT. The maximum Gasteiger partial charge on any atom is 0.414 e. The fourth-order valence-corrected chi connectivity index (χ4v) is 10.7. The number of alkyl carbamates (subject to hydrolysis) is 2. The largest absolute Gasteiger partial charge is 0.480 e. The van der Waals surface area contributed by atoms with Crippen LogP contribution in [0.3, 0.4) is 0 Å². The Bertz CT molecular complexity index is 3280. The zero-order valence-corrected chi connectivity index (χ0v) is 66.1. The predicted molar refractivity (Wildman–Crippen MR) is 416 cm³/mol. The number of carbonyl (C=O) groups excluding carboxylic acids is 6. The summed E-state index contributed by atoms with van der Waals surface area (Å²) in [7, 11) is 1.98. The van der Waals surface area contributed by atoms with Gasteiger partial charge in [-0.05, 0) is 112 Å². The second-order valence-corrected chi connectivity index (χ2v) is 28.0. The molecule has 38 heteroatoms. The molecule has 3 aromatic rings. The minimum absolute atomic E-state index is 0.123. The first kappa shape index (κ1) is 92.1. The van der Waals surface area contributed by atoms with Crippen LogP contribution in [0, 0.1) is 23.2 Å². The molecule has 1 heterocycles. The van der Waals surface area contributed by atoms with Gasteiger partial charge in [-0.15, -0.1) is 0 Å². The van der Waals surface area contributed by atoms with E-state index in [0.717, 1.165) is 74.4 Å². The molecule has 0 bridgehead atoms. The van der Waals surface area contributed by atoms with Gasteiger partial charge in [0.25, 0.3) is 0 Å². The van der Waals surface area contributed by atoms with Gasteiger partial charge in [0.1, 0.15) is 43.2 Å². The van der Waals surface area contributed by atoms with E-state index < -0.39 is 106 Å². The molecule has 1 fully saturated rings. The number of alkyl halides is 3. The Morgan fingerprint density at radius 1 is 0.750 bits per heavy atom. The number of aryl methyl sites for hydroxylation is 1. The number of hydroxylamine groups is 1. The number of carboxylic acids is 2. The van der Waals surface area contributed by atoms with Crippen LogP contribution >= 0.6 is 58.9 Å². The fourth-order valence-electron chi connectivity index (χ4n) is 10.5. The number of amides is 6. The van der Waals surface area contributed by atoms with Gasteiger partial charge in [0, 0.05) is 44.4 Å². The number of likely N-dealkylation sites (N-methyl/N-ethyl adjacent to an activating group) is 1. The Labute approximate surface area is 665 Å². The van der Waals surface area contributed by atoms with Gasteiger partial charge in [0.15, 0.2) is 0 Å². The summed E-state index contributed by atoms with van der Waals surface area (Å²) >= 11 is 24.3. The van der Waals surface area contributed by atoms with Crippen molar-refractivity contribution in [3.63, 3.8) is 0 Å². The Morgan fingerprint density at radius 2 is 1.32 bits per heavy atom. The van der Waals surface area contributed by atoms with Crippen LogP contribution in [0.4, 0.5) is 9.59 Å². The van der Waals surface area contributed by atoms with Gasteiger partial charge in [-0.3, -0.25) is 35.1 Å². The molecule has 5 rings (SSSR count). The van der Waals surface area contributed by atoms with Gasteiger partial charge in [0.05, 0.1) is 85.3 Å². The Hall–Kier alpha value is -6.51. The maximum atomic E-state index is 13.0. The molecular weight excluding hydrogens is 1510 g/mol. The van der Waals surface area contributed by atoms with E-state index in [1.165, 1.54) is 23.0 Å². The van der Waals surface area contributed by atoms with E-state index in [4.69, 9.17) is 105 Å². The second-order valence-electron chi connectivity index (χ2n) is 25.5. The first-order valence-electron chi connectivity index (χ1n) is 36.8. The smallest absolute Gasteiger partial charge is 0.414 e. The Balaban J connectivity index is 0.000000819. The average Bonchev–Trinajstić information content (AvgIpc) is 0.824. The van der Waals surface area contributed by atoms with Crippen molar-refractivity contribution in [3.8, 4) is 11.1 Å². The fraction of sp³-hybridized carbons (Fsp3) is 0.614. The van der Waals surface area contributed by atoms with Crippen molar-refractivity contribution in [2.45, 2.75) is 133 Å². The average molecular weight is 1620 g/mol. The molecule has 2 aliphatic rings. The zero-order chi connectivity index (χ0) is 84.0. The number of carboxylic acid groups (broad SMARTS) is 2. The van der Waals surface area contributed by atoms with E-state index >= 15 is 0 Å². The molecule has 1 saturated heterocycles. The molecule has 31 nitrogen and oxygen atoms in total. The maximum absolute atomic E-state index is 13.0. The summed E-state index contributed by atoms with van der Waals surface area (Å²) in [4.78, 5) is 99.3. The van der Waals surface area contributed by atoms with Gasteiger partial charge >= 0.3 is 64.3 Å². The molecule has 6 amide bonds. The van der Waals surface area contributed by atoms with Crippen LogP contribution in [0.25, 0.3) is 11.1 Å². The van der Waals surface area contributed by atoms with Gasteiger partial charge in [-0.1, -0.05) is 128 Å². The number of piperidine rings is 1. The topological polar surface area (TPSA) is 440 Å². The van der Waals surface area contributed by atoms with Crippen LogP contribution in [-0.2, 0) is 91.5 Å². The van der Waals surface area contributed by atoms with Crippen molar-refractivity contribution in [1.29, 1.82) is 9.51 Å². The Morgan fingerprint density at radius 3 is 1.88 bits per heavy atom. The van der Waals surface area contributed by atoms with E-state index in [9.17, 15) is 43.5 Å². The SMILES string of the molecule is CN(CCOCCOCCOCCNC(=O)OCC(Cl)(Cl)Cl)CCOCCOCCOCC(=O)O.[2H]B=S.[2H]B=S.[3H]OC1C(NC(=O)C(C)NC(=O)C(N)CO)CCCN1C(=N)NC(=O)OC(C)(C)c1ccc(-c2ccccc2)cc1.[3H]ONC(=O)C(C)C(CC(C)C)C(=O)NC(Cc1cccc2c1CCCC2)C(=O)O. The summed E-state index contributed by atoms with van der Waals surface area (Å²) in [5.41, 5.74) is 12.6. The first-order chi connectivity index (χ1) is 53.2. The number of hydrogen-bond acceptors (Lipinski definition) is 24. The van der Waals surface area contributed by atoms with Crippen LogP contribution in [0.15, 0.2) is 72.8 Å². The third-order valence-electron chi connectivity index (χ3n) is 16.3. The van der Waals surface area contributed by atoms with Crippen LogP contribution in [-0.4, -0.2) is 267 Å². The van der Waals surface area contributed by atoms with E-state index in [1.54, 1.807) is 20.8 Å². The summed E-state index contributed by atoms with van der Waals surface area (Å²) in [6.07, 6.45) is 3.08. The van der Waals surface area contributed by atoms with Crippen LogP contribution in [0.5, 0.6) is 0 Å². The van der Waals surface area contributed by atoms with Crippen LogP contribution in [0.1, 0.15) is 95.9 Å². The van der Waals surface area contributed by atoms with Crippen molar-refractivity contribution in [2.24, 2.45) is 23.5 Å². The van der Waals surface area contributed by atoms with Crippen LogP contribution in [0.2, 0.25) is 1.43 Å².